The summed E-state index contributed by atoms with van der Waals surface area (Å²) in [5.74, 6) is 1.91. The Morgan fingerprint density at radius 2 is 2.07 bits per heavy atom. The highest BCUT2D eigenvalue weighted by Gasteiger charge is 2.50. The van der Waals surface area contributed by atoms with Gasteiger partial charge in [-0.3, -0.25) is 4.79 Å². The average Bonchev–Trinajstić information content (AvgIpc) is 3.05. The fourth-order valence-corrected chi connectivity index (χ4v) is 1.39. The van der Waals surface area contributed by atoms with Crippen LogP contribution in [-0.2, 0) is 14.3 Å². The summed E-state index contributed by atoms with van der Waals surface area (Å²) in [5.41, 5.74) is -0.656. The van der Waals surface area contributed by atoms with Gasteiger partial charge in [0.05, 0.1) is 7.11 Å². The number of amides is 1. The third kappa shape index (κ3) is 1.96. The number of likely N-dealkylation sites (N-methyl/N-ethyl adjacent to an activating group) is 1. The lowest BCUT2D eigenvalue weighted by molar-refractivity contribution is -0.152. The van der Waals surface area contributed by atoms with Crippen molar-refractivity contribution in [3.05, 3.63) is 0 Å². The first-order chi connectivity index (χ1) is 6.98. The molecule has 0 heterocycles. The van der Waals surface area contributed by atoms with E-state index in [1.807, 2.05) is 0 Å². The Bertz CT molecular complexity index is 325. The predicted octanol–water partition coefficient (Wildman–Crippen LogP) is 0.420. The third-order valence-electron chi connectivity index (χ3n) is 2.88. The van der Waals surface area contributed by atoms with Crippen molar-refractivity contribution in [3.63, 3.8) is 0 Å². The second-order valence-corrected chi connectivity index (χ2v) is 3.84. The van der Waals surface area contributed by atoms with E-state index in [9.17, 15) is 9.59 Å². The lowest BCUT2D eigenvalue weighted by Crippen LogP contribution is -2.44. The van der Waals surface area contributed by atoms with Crippen molar-refractivity contribution >= 4 is 11.9 Å². The maximum atomic E-state index is 11.9. The Balaban J connectivity index is 2.69. The summed E-state index contributed by atoms with van der Waals surface area (Å²) in [6, 6.07) is -0.590. The van der Waals surface area contributed by atoms with Gasteiger partial charge in [-0.1, -0.05) is 5.92 Å². The molecule has 1 aliphatic carbocycles. The first-order valence-electron chi connectivity index (χ1n) is 4.81. The minimum absolute atomic E-state index is 0.164. The van der Waals surface area contributed by atoms with Gasteiger partial charge in [-0.15, -0.1) is 6.42 Å². The number of carbonyl (C=O) groups excluding carboxylic acids is 2. The Morgan fingerprint density at radius 3 is 2.40 bits per heavy atom. The predicted molar refractivity (Wildman–Crippen MR) is 54.7 cm³/mol. The van der Waals surface area contributed by atoms with Gasteiger partial charge in [-0.05, 0) is 19.8 Å². The molecule has 0 spiro atoms. The maximum absolute atomic E-state index is 11.9. The molecular formula is C11H15NO3. The molecule has 4 heteroatoms. The maximum Gasteiger partial charge on any atom is 0.328 e. The minimum atomic E-state index is -0.656. The number of rotatable bonds is 3. The second-order valence-electron chi connectivity index (χ2n) is 3.84. The van der Waals surface area contributed by atoms with Gasteiger partial charge in [-0.25, -0.2) is 4.79 Å². The molecule has 4 nitrogen and oxygen atoms in total. The molecule has 0 bridgehead atoms. The van der Waals surface area contributed by atoms with E-state index >= 15 is 0 Å². The smallest absolute Gasteiger partial charge is 0.328 e. The minimum Gasteiger partial charge on any atom is -0.467 e. The summed E-state index contributed by atoms with van der Waals surface area (Å²) in [5, 5.41) is 0. The molecule has 0 aromatic heterocycles. The van der Waals surface area contributed by atoms with Gasteiger partial charge in [0.15, 0.2) is 0 Å². The third-order valence-corrected chi connectivity index (χ3v) is 2.88. The molecule has 0 radical (unpaired) electrons. The highest BCUT2D eigenvalue weighted by Crippen LogP contribution is 2.46. The molecule has 1 fully saturated rings. The molecule has 15 heavy (non-hydrogen) atoms. The SMILES string of the molecule is C#CC1(C(=O)N(C)[C@H](C)C(=O)OC)CC1. The zero-order chi connectivity index (χ0) is 11.6. The van der Waals surface area contributed by atoms with Crippen LogP contribution in [0.25, 0.3) is 0 Å². The summed E-state index contributed by atoms with van der Waals surface area (Å²) >= 11 is 0. The molecule has 0 aliphatic heterocycles. The molecule has 1 rings (SSSR count). The lowest BCUT2D eigenvalue weighted by atomic mass is 10.1. The molecule has 0 aromatic rings. The first kappa shape index (κ1) is 11.6. The number of nitrogens with zero attached hydrogens (tertiary/aromatic N) is 1. The second kappa shape index (κ2) is 3.93. The molecule has 1 aliphatic rings. The van der Waals surface area contributed by atoms with E-state index in [1.165, 1.54) is 12.0 Å². The van der Waals surface area contributed by atoms with Crippen LogP contribution in [-0.4, -0.2) is 37.0 Å². The van der Waals surface area contributed by atoms with E-state index in [1.54, 1.807) is 14.0 Å². The molecule has 1 amide bonds. The van der Waals surface area contributed by atoms with Crippen LogP contribution < -0.4 is 0 Å². The number of ether oxygens (including phenoxy) is 1. The van der Waals surface area contributed by atoms with Gasteiger partial charge in [0.1, 0.15) is 11.5 Å². The van der Waals surface area contributed by atoms with Crippen molar-refractivity contribution in [2.24, 2.45) is 5.41 Å². The van der Waals surface area contributed by atoms with Gasteiger partial charge >= 0.3 is 5.97 Å². The quantitative estimate of drug-likeness (QED) is 0.500. The van der Waals surface area contributed by atoms with E-state index in [-0.39, 0.29) is 5.91 Å². The summed E-state index contributed by atoms with van der Waals surface area (Å²) in [7, 11) is 2.87. The van der Waals surface area contributed by atoms with Crippen LogP contribution in [0.2, 0.25) is 0 Å². The Labute approximate surface area is 89.6 Å². The van der Waals surface area contributed by atoms with Crippen molar-refractivity contribution in [1.82, 2.24) is 4.90 Å². The molecule has 1 atom stereocenters. The number of hydrogen-bond donors (Lipinski definition) is 0. The van der Waals surface area contributed by atoms with E-state index < -0.39 is 17.4 Å². The zero-order valence-electron chi connectivity index (χ0n) is 9.24. The molecule has 0 unspecified atom stereocenters. The van der Waals surface area contributed by atoms with Gasteiger partial charge < -0.3 is 9.64 Å². The normalized spacial score (nSPS) is 18.5. The molecule has 0 saturated heterocycles. The fourth-order valence-electron chi connectivity index (χ4n) is 1.39. The van der Waals surface area contributed by atoms with Crippen molar-refractivity contribution in [1.29, 1.82) is 0 Å². The summed E-state index contributed by atoms with van der Waals surface area (Å²) in [6.07, 6.45) is 6.72. The monoisotopic (exact) mass is 209 g/mol. The molecular weight excluding hydrogens is 194 g/mol. The van der Waals surface area contributed by atoms with Crippen LogP contribution in [0, 0.1) is 17.8 Å². The van der Waals surface area contributed by atoms with Crippen molar-refractivity contribution in [2.75, 3.05) is 14.2 Å². The number of terminal acetylenes is 1. The van der Waals surface area contributed by atoms with E-state index in [4.69, 9.17) is 6.42 Å². The van der Waals surface area contributed by atoms with Crippen LogP contribution in [0.1, 0.15) is 19.8 Å². The van der Waals surface area contributed by atoms with Gasteiger partial charge in [0, 0.05) is 7.05 Å². The molecule has 82 valence electrons. The van der Waals surface area contributed by atoms with Crippen LogP contribution in [0.5, 0.6) is 0 Å². The highest BCUT2D eigenvalue weighted by atomic mass is 16.5. The summed E-state index contributed by atoms with van der Waals surface area (Å²) in [6.45, 7) is 1.62. The van der Waals surface area contributed by atoms with E-state index in [0.29, 0.717) is 12.8 Å². The molecule has 0 N–H and O–H groups in total. The van der Waals surface area contributed by atoms with Crippen LogP contribution in [0.15, 0.2) is 0 Å². The van der Waals surface area contributed by atoms with Crippen LogP contribution in [0.4, 0.5) is 0 Å². The highest BCUT2D eigenvalue weighted by molar-refractivity contribution is 5.91. The Hall–Kier alpha value is -1.50. The standard InChI is InChI=1S/C11H15NO3/c1-5-11(6-7-11)10(14)12(3)8(2)9(13)15-4/h1,8H,6-7H2,2-4H3/t8-/m1/s1. The topological polar surface area (TPSA) is 46.6 Å². The van der Waals surface area contributed by atoms with Crippen molar-refractivity contribution < 1.29 is 14.3 Å². The van der Waals surface area contributed by atoms with Crippen LogP contribution >= 0.6 is 0 Å². The summed E-state index contributed by atoms with van der Waals surface area (Å²) in [4.78, 5) is 24.5. The fraction of sp³-hybridized carbons (Fsp3) is 0.636. The zero-order valence-corrected chi connectivity index (χ0v) is 9.24. The largest absolute Gasteiger partial charge is 0.467 e. The Morgan fingerprint density at radius 1 is 1.53 bits per heavy atom. The van der Waals surface area contributed by atoms with Crippen molar-refractivity contribution in [3.8, 4) is 12.3 Å². The number of carbonyl (C=O) groups is 2. The number of methoxy groups -OCH3 is 1. The Kier molecular flexibility index (Phi) is 3.04. The van der Waals surface area contributed by atoms with Gasteiger partial charge in [0.25, 0.3) is 0 Å². The first-order valence-corrected chi connectivity index (χ1v) is 4.81. The van der Waals surface area contributed by atoms with Crippen LogP contribution in [0.3, 0.4) is 0 Å². The molecule has 1 saturated carbocycles. The summed E-state index contributed by atoms with van der Waals surface area (Å²) < 4.78 is 4.57. The van der Waals surface area contributed by atoms with E-state index in [2.05, 4.69) is 10.7 Å². The lowest BCUT2D eigenvalue weighted by Gasteiger charge is -2.25. The number of esters is 1. The van der Waals surface area contributed by atoms with Gasteiger partial charge in [-0.2, -0.15) is 0 Å². The van der Waals surface area contributed by atoms with Gasteiger partial charge in [0.2, 0.25) is 5.91 Å². The van der Waals surface area contributed by atoms with E-state index in [0.717, 1.165) is 0 Å². The van der Waals surface area contributed by atoms with Crippen molar-refractivity contribution in [2.45, 2.75) is 25.8 Å². The number of hydrogen-bond acceptors (Lipinski definition) is 3. The average molecular weight is 209 g/mol. The molecule has 0 aromatic carbocycles.